The molecule has 0 aliphatic carbocycles. The Morgan fingerprint density at radius 2 is 2.10 bits per heavy atom. The van der Waals surface area contributed by atoms with E-state index >= 15 is 0 Å². The van der Waals surface area contributed by atoms with Crippen LogP contribution in [0.3, 0.4) is 0 Å². The zero-order valence-electron chi connectivity index (χ0n) is 10.8. The summed E-state index contributed by atoms with van der Waals surface area (Å²) in [5, 5.41) is 1.91. The lowest BCUT2D eigenvalue weighted by molar-refractivity contribution is 0.340. The van der Waals surface area contributed by atoms with Gasteiger partial charge in [-0.15, -0.1) is 11.3 Å². The van der Waals surface area contributed by atoms with Gasteiger partial charge in [0.25, 0.3) is 0 Å². The largest absolute Gasteiger partial charge is 0.492 e. The average molecular weight is 312 g/mol. The number of rotatable bonds is 7. The Bertz CT molecular complexity index is 639. The molecule has 108 valence electrons. The van der Waals surface area contributed by atoms with Crippen LogP contribution in [0.2, 0.25) is 0 Å². The van der Waals surface area contributed by atoms with Gasteiger partial charge < -0.3 is 10.5 Å². The standard InChI is InChI=1S/C13H16N2O3S2/c14-11-3-1-4-12(9-11)18-6-8-20(16,17)15-10-13-5-2-7-19-13/h1-5,7,9,15H,6,8,10,14H2. The van der Waals surface area contributed by atoms with Crippen LogP contribution in [-0.4, -0.2) is 20.8 Å². The van der Waals surface area contributed by atoms with Gasteiger partial charge in [-0.25, -0.2) is 13.1 Å². The van der Waals surface area contributed by atoms with Crippen molar-refractivity contribution in [1.82, 2.24) is 4.72 Å². The maximum atomic E-state index is 11.8. The van der Waals surface area contributed by atoms with Crippen molar-refractivity contribution in [2.24, 2.45) is 0 Å². The van der Waals surface area contributed by atoms with Crippen molar-refractivity contribution in [3.05, 3.63) is 46.7 Å². The van der Waals surface area contributed by atoms with E-state index in [9.17, 15) is 8.42 Å². The third-order valence-corrected chi connectivity index (χ3v) is 4.69. The van der Waals surface area contributed by atoms with Crippen LogP contribution in [0.4, 0.5) is 5.69 Å². The first-order chi connectivity index (χ1) is 9.55. The Morgan fingerprint density at radius 1 is 1.25 bits per heavy atom. The number of hydrogen-bond acceptors (Lipinski definition) is 5. The lowest BCUT2D eigenvalue weighted by Crippen LogP contribution is -2.28. The summed E-state index contributed by atoms with van der Waals surface area (Å²) >= 11 is 1.51. The van der Waals surface area contributed by atoms with Crippen LogP contribution in [0.1, 0.15) is 4.88 Å². The molecule has 0 fully saturated rings. The lowest BCUT2D eigenvalue weighted by Gasteiger charge is -2.08. The van der Waals surface area contributed by atoms with Crippen LogP contribution in [0.5, 0.6) is 5.75 Å². The first-order valence-electron chi connectivity index (χ1n) is 6.03. The number of nitrogen functional groups attached to an aromatic ring is 1. The monoisotopic (exact) mass is 312 g/mol. The Balaban J connectivity index is 1.77. The highest BCUT2D eigenvalue weighted by atomic mass is 32.2. The van der Waals surface area contributed by atoms with Crippen LogP contribution >= 0.6 is 11.3 Å². The summed E-state index contributed by atoms with van der Waals surface area (Å²) in [5.41, 5.74) is 6.19. The Labute approximate surface area is 122 Å². The molecule has 3 N–H and O–H groups in total. The fourth-order valence-corrected chi connectivity index (χ4v) is 3.10. The summed E-state index contributed by atoms with van der Waals surface area (Å²) in [6.07, 6.45) is 0. The number of nitrogens with one attached hydrogen (secondary N) is 1. The van der Waals surface area contributed by atoms with Crippen molar-refractivity contribution < 1.29 is 13.2 Å². The van der Waals surface area contributed by atoms with E-state index in [-0.39, 0.29) is 12.4 Å². The predicted octanol–water partition coefficient (Wildman–Crippen LogP) is 1.83. The second-order valence-electron chi connectivity index (χ2n) is 4.14. The maximum absolute atomic E-state index is 11.8. The molecule has 0 aliphatic rings. The molecule has 1 aromatic heterocycles. The third kappa shape index (κ3) is 4.84. The molecule has 0 atom stereocenters. The van der Waals surface area contributed by atoms with Gasteiger partial charge in [-0.3, -0.25) is 0 Å². The Hall–Kier alpha value is -1.57. The Morgan fingerprint density at radius 3 is 2.80 bits per heavy atom. The number of ether oxygens (including phenoxy) is 1. The minimum absolute atomic E-state index is 0.0865. The number of hydrogen-bond donors (Lipinski definition) is 2. The quantitative estimate of drug-likeness (QED) is 0.764. The summed E-state index contributed by atoms with van der Waals surface area (Å²) < 4.78 is 31.4. The average Bonchev–Trinajstić information content (AvgIpc) is 2.89. The van der Waals surface area contributed by atoms with Crippen LogP contribution in [0, 0.1) is 0 Å². The molecule has 0 amide bonds. The van der Waals surface area contributed by atoms with Crippen molar-refractivity contribution >= 4 is 27.0 Å². The molecule has 20 heavy (non-hydrogen) atoms. The molecular weight excluding hydrogens is 296 g/mol. The van der Waals surface area contributed by atoms with E-state index in [1.54, 1.807) is 24.3 Å². The first kappa shape index (κ1) is 14.8. The van der Waals surface area contributed by atoms with Crippen molar-refractivity contribution in [3.8, 4) is 5.75 Å². The van der Waals surface area contributed by atoms with Crippen molar-refractivity contribution in [1.29, 1.82) is 0 Å². The van der Waals surface area contributed by atoms with Gasteiger partial charge >= 0.3 is 0 Å². The van der Waals surface area contributed by atoms with Gasteiger partial charge in [0, 0.05) is 23.2 Å². The van der Waals surface area contributed by atoms with Crippen LogP contribution in [0.25, 0.3) is 0 Å². The second-order valence-corrected chi connectivity index (χ2v) is 7.10. The van der Waals surface area contributed by atoms with Gasteiger partial charge in [0.1, 0.15) is 12.4 Å². The van der Waals surface area contributed by atoms with E-state index in [2.05, 4.69) is 4.72 Å². The molecule has 0 unspecified atom stereocenters. The summed E-state index contributed by atoms with van der Waals surface area (Å²) in [6.45, 7) is 0.404. The highest BCUT2D eigenvalue weighted by Gasteiger charge is 2.10. The molecule has 1 aromatic carbocycles. The predicted molar refractivity (Wildman–Crippen MR) is 81.3 cm³/mol. The van der Waals surface area contributed by atoms with E-state index in [1.165, 1.54) is 11.3 Å². The van der Waals surface area contributed by atoms with E-state index in [1.807, 2.05) is 17.5 Å². The van der Waals surface area contributed by atoms with Gasteiger partial charge in [0.2, 0.25) is 10.0 Å². The van der Waals surface area contributed by atoms with E-state index in [0.29, 0.717) is 18.0 Å². The van der Waals surface area contributed by atoms with Crippen LogP contribution in [-0.2, 0) is 16.6 Å². The lowest BCUT2D eigenvalue weighted by atomic mass is 10.3. The molecule has 5 nitrogen and oxygen atoms in total. The molecule has 0 aliphatic heterocycles. The zero-order chi connectivity index (χ0) is 14.4. The van der Waals surface area contributed by atoms with Crippen molar-refractivity contribution in [3.63, 3.8) is 0 Å². The number of sulfonamides is 1. The van der Waals surface area contributed by atoms with Gasteiger partial charge in [-0.2, -0.15) is 0 Å². The number of benzene rings is 1. The molecule has 0 saturated carbocycles. The summed E-state index contributed by atoms with van der Waals surface area (Å²) in [6, 6.07) is 10.7. The second kappa shape index (κ2) is 6.74. The molecule has 0 saturated heterocycles. The molecule has 1 heterocycles. The molecule has 7 heteroatoms. The first-order valence-corrected chi connectivity index (χ1v) is 8.56. The van der Waals surface area contributed by atoms with E-state index in [0.717, 1.165) is 4.88 Å². The molecule has 0 radical (unpaired) electrons. The normalized spacial score (nSPS) is 11.4. The van der Waals surface area contributed by atoms with Crippen LogP contribution < -0.4 is 15.2 Å². The topological polar surface area (TPSA) is 81.4 Å². The van der Waals surface area contributed by atoms with E-state index < -0.39 is 10.0 Å². The smallest absolute Gasteiger partial charge is 0.215 e. The fraction of sp³-hybridized carbons (Fsp3) is 0.231. The highest BCUT2D eigenvalue weighted by Crippen LogP contribution is 2.14. The summed E-state index contributed by atoms with van der Waals surface area (Å²) in [4.78, 5) is 0.977. The van der Waals surface area contributed by atoms with Crippen molar-refractivity contribution in [2.75, 3.05) is 18.1 Å². The van der Waals surface area contributed by atoms with Gasteiger partial charge in [-0.1, -0.05) is 12.1 Å². The molecule has 2 rings (SSSR count). The Kier molecular flexibility index (Phi) is 4.99. The maximum Gasteiger partial charge on any atom is 0.215 e. The van der Waals surface area contributed by atoms with Gasteiger partial charge in [0.05, 0.1) is 5.75 Å². The molecular formula is C13H16N2O3S2. The molecule has 2 aromatic rings. The fourth-order valence-electron chi connectivity index (χ4n) is 1.54. The number of thiophene rings is 1. The number of nitrogens with two attached hydrogens (primary N) is 1. The van der Waals surface area contributed by atoms with Crippen molar-refractivity contribution in [2.45, 2.75) is 6.54 Å². The van der Waals surface area contributed by atoms with Gasteiger partial charge in [-0.05, 0) is 23.6 Å². The molecule has 0 bridgehead atoms. The zero-order valence-corrected chi connectivity index (χ0v) is 12.4. The summed E-state index contributed by atoms with van der Waals surface area (Å²) in [7, 11) is -3.34. The minimum Gasteiger partial charge on any atom is -0.492 e. The SMILES string of the molecule is Nc1cccc(OCCS(=O)(=O)NCc2cccs2)c1. The third-order valence-electron chi connectivity index (χ3n) is 2.53. The number of anilines is 1. The summed E-state index contributed by atoms with van der Waals surface area (Å²) in [5.74, 6) is 0.478. The minimum atomic E-state index is -3.34. The van der Waals surface area contributed by atoms with Gasteiger partial charge in [0.15, 0.2) is 0 Å². The van der Waals surface area contributed by atoms with E-state index in [4.69, 9.17) is 10.5 Å². The highest BCUT2D eigenvalue weighted by molar-refractivity contribution is 7.89. The van der Waals surface area contributed by atoms with Crippen LogP contribution in [0.15, 0.2) is 41.8 Å². The molecule has 0 spiro atoms.